The molecule has 36 heavy (non-hydrogen) atoms. The van der Waals surface area contributed by atoms with Crippen molar-refractivity contribution in [3.05, 3.63) is 0 Å². The van der Waals surface area contributed by atoms with Crippen LogP contribution in [0.25, 0.3) is 0 Å². The van der Waals surface area contributed by atoms with Gasteiger partial charge in [0.05, 0.1) is 19.8 Å². The lowest BCUT2D eigenvalue weighted by molar-refractivity contribution is -0.474. The van der Waals surface area contributed by atoms with Crippen molar-refractivity contribution in [2.24, 2.45) is 0 Å². The van der Waals surface area contributed by atoms with E-state index in [0.717, 1.165) is 7.11 Å². The zero-order valence-electron chi connectivity index (χ0n) is 19.1. The summed E-state index contributed by atoms with van der Waals surface area (Å²) in [6.45, 7) is -2.22. The number of aliphatic hydroxyl groups is 11. The van der Waals surface area contributed by atoms with Crippen LogP contribution in [-0.4, -0.2) is 175 Å². The molecule has 3 saturated heterocycles. The molecule has 0 aromatic rings. The topological polar surface area (TPSA) is 278 Å². The van der Waals surface area contributed by atoms with Crippen molar-refractivity contribution in [3.8, 4) is 0 Å². The van der Waals surface area contributed by atoms with Crippen LogP contribution in [-0.2, 0) is 28.4 Å². The minimum absolute atomic E-state index is 0.612. The molecule has 17 nitrogen and oxygen atoms in total. The summed E-state index contributed by atoms with van der Waals surface area (Å²) in [7, 11) is 1.13. The zero-order chi connectivity index (χ0) is 26.9. The van der Waals surface area contributed by atoms with E-state index in [9.17, 15) is 56.2 Å². The van der Waals surface area contributed by atoms with Gasteiger partial charge in [0.25, 0.3) is 0 Å². The van der Waals surface area contributed by atoms with Crippen LogP contribution in [0, 0.1) is 0 Å². The van der Waals surface area contributed by atoms with Crippen LogP contribution in [0.1, 0.15) is 0 Å². The molecule has 3 aliphatic heterocycles. The Labute approximate surface area is 204 Å². The Bertz CT molecular complexity index is 697. The van der Waals surface area contributed by atoms with Crippen LogP contribution in [0.15, 0.2) is 0 Å². The normalized spacial score (nSPS) is 52.3. The fourth-order valence-corrected chi connectivity index (χ4v) is 4.19. The first kappa shape index (κ1) is 29.9. The van der Waals surface area contributed by atoms with Crippen molar-refractivity contribution >= 4 is 0 Å². The average Bonchev–Trinajstić information content (AvgIpc) is 2.86. The summed E-state index contributed by atoms with van der Waals surface area (Å²) in [6, 6.07) is 0. The fraction of sp³-hybridized carbons (Fsp3) is 1.00. The molecule has 0 saturated carbocycles. The van der Waals surface area contributed by atoms with Gasteiger partial charge in [0.1, 0.15) is 67.1 Å². The van der Waals surface area contributed by atoms with Crippen molar-refractivity contribution < 1.29 is 84.6 Å². The molecule has 0 radical (unpaired) electrons. The van der Waals surface area contributed by atoms with Crippen molar-refractivity contribution in [3.63, 3.8) is 0 Å². The highest BCUT2D eigenvalue weighted by atomic mass is 16.8. The van der Waals surface area contributed by atoms with Gasteiger partial charge in [-0.2, -0.15) is 0 Å². The maximum Gasteiger partial charge on any atom is 0.311 e. The molecule has 0 spiro atoms. The average molecular weight is 534 g/mol. The standard InChI is InChI=1S/C19H34O17/c1-31-17-14(28)15(36-19(30)16(29)12(26)9(23)6(3-21)35-19)10(24)7(34-17)4-32-18-13(27)11(25)8(22)5(2-20)33-18/h5-18,20-30H,2-4H2,1H3. The summed E-state index contributed by atoms with van der Waals surface area (Å²) in [5.41, 5.74) is 0. The number of ether oxygens (including phenoxy) is 6. The highest BCUT2D eigenvalue weighted by Gasteiger charge is 2.58. The fourth-order valence-electron chi connectivity index (χ4n) is 4.19. The lowest BCUT2D eigenvalue weighted by atomic mass is 9.95. The Morgan fingerprint density at radius 2 is 1.25 bits per heavy atom. The second-order valence-electron chi connectivity index (χ2n) is 8.77. The molecule has 3 aliphatic rings. The summed E-state index contributed by atoms with van der Waals surface area (Å²) >= 11 is 0. The Morgan fingerprint density at radius 1 is 0.667 bits per heavy atom. The van der Waals surface area contributed by atoms with Crippen molar-refractivity contribution in [2.75, 3.05) is 26.9 Å². The molecule has 0 bridgehead atoms. The molecule has 0 aromatic heterocycles. The van der Waals surface area contributed by atoms with Gasteiger partial charge in [-0.25, -0.2) is 0 Å². The van der Waals surface area contributed by atoms with Crippen LogP contribution in [0.4, 0.5) is 0 Å². The van der Waals surface area contributed by atoms with Crippen LogP contribution in [0.2, 0.25) is 0 Å². The second kappa shape index (κ2) is 12.0. The predicted octanol–water partition coefficient (Wildman–Crippen LogP) is -7.60. The third kappa shape index (κ3) is 5.67. The number of hydrogen-bond donors (Lipinski definition) is 11. The molecule has 0 aliphatic carbocycles. The number of methoxy groups -OCH3 is 1. The quantitative estimate of drug-likeness (QED) is 0.129. The summed E-state index contributed by atoms with van der Waals surface area (Å²) in [5.74, 6) is -3.11. The van der Waals surface area contributed by atoms with E-state index >= 15 is 0 Å². The molecule has 3 fully saturated rings. The molecule has 15 atom stereocenters. The van der Waals surface area contributed by atoms with E-state index in [1.165, 1.54) is 0 Å². The van der Waals surface area contributed by atoms with Gasteiger partial charge in [-0.3, -0.25) is 0 Å². The van der Waals surface area contributed by atoms with Gasteiger partial charge in [-0.05, 0) is 0 Å². The smallest absolute Gasteiger partial charge is 0.311 e. The lowest BCUT2D eigenvalue weighted by Crippen LogP contribution is -2.70. The van der Waals surface area contributed by atoms with E-state index in [-0.39, 0.29) is 0 Å². The highest BCUT2D eigenvalue weighted by molar-refractivity contribution is 4.96. The van der Waals surface area contributed by atoms with Gasteiger partial charge >= 0.3 is 5.97 Å². The van der Waals surface area contributed by atoms with Crippen LogP contribution in [0.5, 0.6) is 0 Å². The summed E-state index contributed by atoms with van der Waals surface area (Å²) < 4.78 is 31.2. The minimum atomic E-state index is -3.11. The van der Waals surface area contributed by atoms with Crippen LogP contribution >= 0.6 is 0 Å². The third-order valence-corrected chi connectivity index (χ3v) is 6.38. The number of rotatable bonds is 8. The molecule has 15 unspecified atom stereocenters. The van der Waals surface area contributed by atoms with E-state index < -0.39 is 112 Å². The van der Waals surface area contributed by atoms with Gasteiger partial charge in [0.15, 0.2) is 18.7 Å². The highest BCUT2D eigenvalue weighted by Crippen LogP contribution is 2.34. The molecular formula is C19H34O17. The Balaban J connectivity index is 1.74. The van der Waals surface area contributed by atoms with E-state index in [1.807, 2.05) is 0 Å². The summed E-state index contributed by atoms with van der Waals surface area (Å²) in [6.07, 6.45) is -24.2. The van der Waals surface area contributed by atoms with Gasteiger partial charge in [-0.1, -0.05) is 0 Å². The van der Waals surface area contributed by atoms with Crippen molar-refractivity contribution in [1.82, 2.24) is 0 Å². The molecular weight excluding hydrogens is 500 g/mol. The maximum absolute atomic E-state index is 10.8. The van der Waals surface area contributed by atoms with Gasteiger partial charge < -0.3 is 84.6 Å². The Kier molecular flexibility index (Phi) is 9.97. The van der Waals surface area contributed by atoms with Crippen molar-refractivity contribution in [2.45, 2.75) is 91.8 Å². The Morgan fingerprint density at radius 3 is 1.83 bits per heavy atom. The first-order chi connectivity index (χ1) is 16.9. The van der Waals surface area contributed by atoms with E-state index in [2.05, 4.69) is 0 Å². The van der Waals surface area contributed by atoms with E-state index in [4.69, 9.17) is 28.4 Å². The van der Waals surface area contributed by atoms with Crippen molar-refractivity contribution in [1.29, 1.82) is 0 Å². The SMILES string of the molecule is COC1OC(COC2OC(CO)C(O)C(O)C2O)C(O)C(OC2(O)OC(CO)C(O)C(O)C2O)C1O. The first-order valence-corrected chi connectivity index (χ1v) is 11.1. The summed E-state index contributed by atoms with van der Waals surface area (Å²) in [5, 5.41) is 111. The molecule has 212 valence electrons. The minimum Gasteiger partial charge on any atom is -0.394 e. The molecule has 11 N–H and O–H groups in total. The monoisotopic (exact) mass is 534 g/mol. The lowest BCUT2D eigenvalue weighted by Gasteiger charge is -2.49. The molecule has 0 aromatic carbocycles. The van der Waals surface area contributed by atoms with E-state index in [1.54, 1.807) is 0 Å². The number of hydrogen-bond acceptors (Lipinski definition) is 17. The maximum atomic E-state index is 10.8. The summed E-state index contributed by atoms with van der Waals surface area (Å²) in [4.78, 5) is 0. The van der Waals surface area contributed by atoms with E-state index in [0.29, 0.717) is 0 Å². The largest absolute Gasteiger partial charge is 0.394 e. The third-order valence-electron chi connectivity index (χ3n) is 6.38. The Hall–Kier alpha value is -0.680. The van der Waals surface area contributed by atoms with Crippen LogP contribution in [0.3, 0.4) is 0 Å². The molecule has 17 heteroatoms. The van der Waals surface area contributed by atoms with Gasteiger partial charge in [0.2, 0.25) is 0 Å². The number of aliphatic hydroxyl groups excluding tert-OH is 10. The second-order valence-corrected chi connectivity index (χ2v) is 8.77. The first-order valence-electron chi connectivity index (χ1n) is 11.1. The van der Waals surface area contributed by atoms with Gasteiger partial charge in [0, 0.05) is 7.11 Å². The molecule has 0 amide bonds. The van der Waals surface area contributed by atoms with Gasteiger partial charge in [-0.15, -0.1) is 0 Å². The molecule has 3 heterocycles. The molecule has 3 rings (SSSR count). The predicted molar refractivity (Wildman–Crippen MR) is 107 cm³/mol. The van der Waals surface area contributed by atoms with Crippen LogP contribution < -0.4 is 0 Å². The zero-order valence-corrected chi connectivity index (χ0v) is 19.1.